The van der Waals surface area contributed by atoms with Crippen molar-refractivity contribution in [3.63, 3.8) is 0 Å². The molecular weight excluding hydrogens is 452 g/mol. The topological polar surface area (TPSA) is 61.3 Å². The second-order valence-electron chi connectivity index (χ2n) is 13.8. The van der Waals surface area contributed by atoms with Crippen LogP contribution in [0.5, 0.6) is 5.75 Å². The van der Waals surface area contributed by atoms with Gasteiger partial charge in [0.25, 0.3) is 0 Å². The monoisotopic (exact) mass is 504 g/mol. The van der Waals surface area contributed by atoms with Crippen molar-refractivity contribution < 1.29 is 4.74 Å². The summed E-state index contributed by atoms with van der Waals surface area (Å²) in [5.41, 5.74) is 15.8. The first-order valence-corrected chi connectivity index (χ1v) is 15.3. The second-order valence-corrected chi connectivity index (χ2v) is 13.8. The Morgan fingerprint density at radius 3 is 2.62 bits per heavy atom. The maximum absolute atomic E-state index is 6.47. The molecule has 3 nitrogen and oxygen atoms in total. The number of rotatable bonds is 7. The van der Waals surface area contributed by atoms with Gasteiger partial charge in [-0.3, -0.25) is 0 Å². The summed E-state index contributed by atoms with van der Waals surface area (Å²) in [4.78, 5) is 0. The summed E-state index contributed by atoms with van der Waals surface area (Å²) in [7, 11) is 0. The summed E-state index contributed by atoms with van der Waals surface area (Å²) >= 11 is 0. The first-order chi connectivity index (χ1) is 17.7. The summed E-state index contributed by atoms with van der Waals surface area (Å²) < 4.78 is 6.47. The molecule has 9 unspecified atom stereocenters. The molecule has 4 aliphatic rings. The average Bonchev–Trinajstić information content (AvgIpc) is 3.22. The number of benzene rings is 1. The minimum atomic E-state index is 0.243. The summed E-state index contributed by atoms with van der Waals surface area (Å²) in [6.07, 6.45) is 19.6. The molecule has 4 N–H and O–H groups in total. The van der Waals surface area contributed by atoms with Gasteiger partial charge in [0, 0.05) is 5.69 Å². The van der Waals surface area contributed by atoms with Crippen LogP contribution in [0.25, 0.3) is 0 Å². The SMILES string of the molecule is C=CC12CCC(Oc3ccc(N)cc3N)CC1CCC1C3CCC(C(C)CCC=C(C)C)C3(C)CCC12. The number of allylic oxidation sites excluding steroid dienone is 3. The van der Waals surface area contributed by atoms with E-state index < -0.39 is 0 Å². The number of anilines is 2. The van der Waals surface area contributed by atoms with Crippen LogP contribution in [0, 0.1) is 46.3 Å². The molecule has 4 saturated carbocycles. The van der Waals surface area contributed by atoms with E-state index in [1.165, 1.54) is 63.4 Å². The Hall–Kier alpha value is -1.90. The van der Waals surface area contributed by atoms with Crippen molar-refractivity contribution in [3.8, 4) is 5.75 Å². The molecule has 5 rings (SSSR count). The number of hydrogen-bond donors (Lipinski definition) is 2. The molecule has 0 saturated heterocycles. The van der Waals surface area contributed by atoms with Gasteiger partial charge in [0.15, 0.2) is 0 Å². The lowest BCUT2D eigenvalue weighted by Gasteiger charge is -2.61. The molecule has 0 bridgehead atoms. The van der Waals surface area contributed by atoms with Gasteiger partial charge in [-0.05, 0) is 149 Å². The second kappa shape index (κ2) is 10.3. The van der Waals surface area contributed by atoms with Gasteiger partial charge >= 0.3 is 0 Å². The standard InChI is InChI=1S/C34H52N2O/c1-6-34-19-16-26(37-32-15-11-25(35)21-31(32)36)20-24(34)10-12-27-29-14-13-28(23(4)9-7-8-22(2)3)33(29,5)18-17-30(27)34/h6,8,11,15,21,23-24,26-30H,1,7,9-10,12-14,16-20,35-36H2,2-5H3. The van der Waals surface area contributed by atoms with Crippen LogP contribution in [-0.2, 0) is 0 Å². The smallest absolute Gasteiger partial charge is 0.142 e. The third-order valence-electron chi connectivity index (χ3n) is 11.8. The summed E-state index contributed by atoms with van der Waals surface area (Å²) in [5.74, 6) is 5.81. The van der Waals surface area contributed by atoms with Gasteiger partial charge in [0.1, 0.15) is 5.75 Å². The van der Waals surface area contributed by atoms with Gasteiger partial charge in [0.05, 0.1) is 11.8 Å². The molecule has 37 heavy (non-hydrogen) atoms. The third kappa shape index (κ3) is 4.74. The van der Waals surface area contributed by atoms with Crippen LogP contribution in [0.15, 0.2) is 42.5 Å². The highest BCUT2D eigenvalue weighted by Gasteiger charge is 2.61. The van der Waals surface area contributed by atoms with E-state index in [2.05, 4.69) is 46.4 Å². The normalized spacial score (nSPS) is 39.6. The van der Waals surface area contributed by atoms with E-state index >= 15 is 0 Å². The molecule has 0 amide bonds. The first kappa shape index (κ1) is 26.7. The van der Waals surface area contributed by atoms with Crippen LogP contribution < -0.4 is 16.2 Å². The van der Waals surface area contributed by atoms with E-state index in [0.717, 1.165) is 48.2 Å². The molecule has 0 heterocycles. The Bertz CT molecular complexity index is 1010. The Morgan fingerprint density at radius 2 is 1.89 bits per heavy atom. The predicted molar refractivity (Wildman–Crippen MR) is 157 cm³/mol. The molecule has 3 heteroatoms. The molecule has 0 aliphatic heterocycles. The molecule has 1 aromatic carbocycles. The Morgan fingerprint density at radius 1 is 1.08 bits per heavy atom. The fourth-order valence-corrected chi connectivity index (χ4v) is 10.1. The quantitative estimate of drug-likeness (QED) is 0.288. The predicted octanol–water partition coefficient (Wildman–Crippen LogP) is 8.81. The van der Waals surface area contributed by atoms with E-state index in [4.69, 9.17) is 16.2 Å². The summed E-state index contributed by atoms with van der Waals surface area (Å²) in [5, 5.41) is 0. The van der Waals surface area contributed by atoms with Crippen LogP contribution in [0.4, 0.5) is 11.4 Å². The van der Waals surface area contributed by atoms with Crippen molar-refractivity contribution in [2.75, 3.05) is 11.5 Å². The van der Waals surface area contributed by atoms with Gasteiger partial charge in [0.2, 0.25) is 0 Å². The molecule has 1 aromatic rings. The maximum atomic E-state index is 6.47. The van der Waals surface area contributed by atoms with Crippen LogP contribution in [0.1, 0.15) is 98.3 Å². The number of hydrogen-bond acceptors (Lipinski definition) is 3. The lowest BCUT2D eigenvalue weighted by molar-refractivity contribution is -0.112. The maximum Gasteiger partial charge on any atom is 0.142 e. The molecule has 4 aliphatic carbocycles. The van der Waals surface area contributed by atoms with Crippen molar-refractivity contribution in [2.45, 2.75) is 104 Å². The van der Waals surface area contributed by atoms with Gasteiger partial charge < -0.3 is 16.2 Å². The van der Waals surface area contributed by atoms with Gasteiger partial charge in [-0.2, -0.15) is 0 Å². The molecule has 0 spiro atoms. The zero-order valence-electron chi connectivity index (χ0n) is 24.0. The van der Waals surface area contributed by atoms with E-state index in [9.17, 15) is 0 Å². The first-order valence-electron chi connectivity index (χ1n) is 15.3. The summed E-state index contributed by atoms with van der Waals surface area (Å²) in [6.45, 7) is 14.2. The molecule has 4 fully saturated rings. The van der Waals surface area contributed by atoms with E-state index in [1.807, 2.05) is 18.2 Å². The minimum Gasteiger partial charge on any atom is -0.488 e. The van der Waals surface area contributed by atoms with E-state index in [0.29, 0.717) is 28.1 Å². The zero-order chi connectivity index (χ0) is 26.4. The highest BCUT2D eigenvalue weighted by Crippen LogP contribution is 2.68. The lowest BCUT2D eigenvalue weighted by Crippen LogP contribution is -2.55. The van der Waals surface area contributed by atoms with Gasteiger partial charge in [-0.25, -0.2) is 0 Å². The van der Waals surface area contributed by atoms with Crippen LogP contribution in [-0.4, -0.2) is 6.10 Å². The average molecular weight is 505 g/mol. The number of nitrogens with two attached hydrogens (primary N) is 2. The van der Waals surface area contributed by atoms with Gasteiger partial charge in [-0.15, -0.1) is 6.58 Å². The van der Waals surface area contributed by atoms with Crippen LogP contribution in [0.2, 0.25) is 0 Å². The fraction of sp³-hybridized carbons (Fsp3) is 0.706. The Labute approximate surface area is 226 Å². The third-order valence-corrected chi connectivity index (χ3v) is 11.8. The molecule has 0 aromatic heterocycles. The minimum absolute atomic E-state index is 0.243. The van der Waals surface area contributed by atoms with E-state index in [1.54, 1.807) is 0 Å². The number of nitrogen functional groups attached to an aromatic ring is 2. The van der Waals surface area contributed by atoms with Crippen LogP contribution in [0.3, 0.4) is 0 Å². The lowest BCUT2D eigenvalue weighted by atomic mass is 9.44. The molecule has 204 valence electrons. The molecule has 0 radical (unpaired) electrons. The zero-order valence-corrected chi connectivity index (χ0v) is 24.0. The van der Waals surface area contributed by atoms with Gasteiger partial charge in [-0.1, -0.05) is 31.6 Å². The number of fused-ring (bicyclic) bond motifs is 5. The summed E-state index contributed by atoms with van der Waals surface area (Å²) in [6, 6.07) is 5.65. The fourth-order valence-electron chi connectivity index (χ4n) is 10.1. The Kier molecular flexibility index (Phi) is 7.46. The Balaban J connectivity index is 1.28. The molecule has 9 atom stereocenters. The highest BCUT2D eigenvalue weighted by molar-refractivity contribution is 5.60. The van der Waals surface area contributed by atoms with Crippen molar-refractivity contribution in [1.29, 1.82) is 0 Å². The van der Waals surface area contributed by atoms with Crippen LogP contribution >= 0.6 is 0 Å². The van der Waals surface area contributed by atoms with Crippen molar-refractivity contribution in [3.05, 3.63) is 42.5 Å². The van der Waals surface area contributed by atoms with E-state index in [-0.39, 0.29) is 6.10 Å². The van der Waals surface area contributed by atoms with Crippen molar-refractivity contribution in [2.24, 2.45) is 46.3 Å². The van der Waals surface area contributed by atoms with Crippen molar-refractivity contribution in [1.82, 2.24) is 0 Å². The molecular formula is C34H52N2O. The number of ether oxygens (including phenoxy) is 1. The largest absolute Gasteiger partial charge is 0.488 e. The highest BCUT2D eigenvalue weighted by atomic mass is 16.5. The van der Waals surface area contributed by atoms with Crippen molar-refractivity contribution >= 4 is 11.4 Å².